The van der Waals surface area contributed by atoms with Crippen LogP contribution >= 0.6 is 0 Å². The Bertz CT molecular complexity index is 627. The number of carbonyl (C=O) groups excluding carboxylic acids is 2. The molecule has 19 heavy (non-hydrogen) atoms. The molecule has 1 heterocycles. The summed E-state index contributed by atoms with van der Waals surface area (Å²) in [6.07, 6.45) is 4.88. The van der Waals surface area contributed by atoms with Crippen molar-refractivity contribution >= 4 is 17.8 Å². The zero-order valence-corrected chi connectivity index (χ0v) is 10.2. The molecule has 0 spiro atoms. The Balaban J connectivity index is 2.47. The molecule has 0 bridgehead atoms. The number of amides is 2. The number of imide groups is 1. The van der Waals surface area contributed by atoms with Crippen molar-refractivity contribution in [3.05, 3.63) is 34.9 Å². The first-order valence-corrected chi connectivity index (χ1v) is 5.62. The van der Waals surface area contributed by atoms with Crippen molar-refractivity contribution in [3.8, 4) is 12.3 Å². The number of rotatable bonds is 3. The third-order valence-electron chi connectivity index (χ3n) is 2.98. The number of hydrogen-bond acceptors (Lipinski definition) is 3. The van der Waals surface area contributed by atoms with Crippen LogP contribution in [0.15, 0.2) is 18.2 Å². The summed E-state index contributed by atoms with van der Waals surface area (Å²) in [7, 11) is 0. The number of nitrogens with zero attached hydrogens (tertiary/aromatic N) is 1. The van der Waals surface area contributed by atoms with E-state index in [2.05, 4.69) is 5.92 Å². The van der Waals surface area contributed by atoms with E-state index in [-0.39, 0.29) is 17.5 Å². The number of hydrogen-bond donors (Lipinski definition) is 1. The Labute approximate surface area is 109 Å². The lowest BCUT2D eigenvalue weighted by Crippen LogP contribution is -2.44. The fraction of sp³-hybridized carbons (Fsp3) is 0.214. The molecule has 0 aromatic heterocycles. The van der Waals surface area contributed by atoms with Gasteiger partial charge in [0, 0.05) is 6.42 Å². The highest BCUT2D eigenvalue weighted by Crippen LogP contribution is 2.26. The summed E-state index contributed by atoms with van der Waals surface area (Å²) >= 11 is 0. The van der Waals surface area contributed by atoms with Crippen LogP contribution in [0.2, 0.25) is 0 Å². The van der Waals surface area contributed by atoms with Crippen LogP contribution in [-0.2, 0) is 4.79 Å². The number of terminal acetylenes is 1. The van der Waals surface area contributed by atoms with Crippen molar-refractivity contribution in [2.75, 3.05) is 0 Å². The normalized spacial score (nSPS) is 15.1. The highest BCUT2D eigenvalue weighted by Gasteiger charge is 2.42. The summed E-state index contributed by atoms with van der Waals surface area (Å²) in [4.78, 5) is 36.1. The van der Waals surface area contributed by atoms with Gasteiger partial charge < -0.3 is 5.11 Å². The van der Waals surface area contributed by atoms with Gasteiger partial charge in [0.1, 0.15) is 6.04 Å². The quantitative estimate of drug-likeness (QED) is 0.649. The monoisotopic (exact) mass is 257 g/mol. The van der Waals surface area contributed by atoms with Crippen LogP contribution in [0, 0.1) is 19.3 Å². The summed E-state index contributed by atoms with van der Waals surface area (Å²) in [6, 6.07) is 3.48. The lowest BCUT2D eigenvalue weighted by molar-refractivity contribution is -0.141. The van der Waals surface area contributed by atoms with E-state index in [9.17, 15) is 14.4 Å². The smallest absolute Gasteiger partial charge is 0.327 e. The van der Waals surface area contributed by atoms with Crippen LogP contribution in [0.5, 0.6) is 0 Å². The maximum atomic E-state index is 12.2. The molecule has 0 radical (unpaired) electrons. The van der Waals surface area contributed by atoms with Gasteiger partial charge >= 0.3 is 5.97 Å². The van der Waals surface area contributed by atoms with Crippen molar-refractivity contribution in [1.29, 1.82) is 0 Å². The minimum absolute atomic E-state index is 0.209. The number of carbonyl (C=O) groups is 3. The molecule has 1 N–H and O–H groups in total. The summed E-state index contributed by atoms with van der Waals surface area (Å²) in [5.41, 5.74) is 1.28. The predicted octanol–water partition coefficient (Wildman–Crippen LogP) is 1.07. The van der Waals surface area contributed by atoms with Crippen LogP contribution in [0.1, 0.15) is 32.7 Å². The van der Waals surface area contributed by atoms with E-state index in [1.807, 2.05) is 0 Å². The highest BCUT2D eigenvalue weighted by molar-refractivity contribution is 6.22. The molecule has 1 atom stereocenters. The lowest BCUT2D eigenvalue weighted by atomic mass is 10.1. The van der Waals surface area contributed by atoms with Gasteiger partial charge in [-0.25, -0.2) is 4.79 Å². The summed E-state index contributed by atoms with van der Waals surface area (Å²) in [6.45, 7) is 1.79. The van der Waals surface area contributed by atoms with Crippen LogP contribution in [0.4, 0.5) is 0 Å². The molecule has 2 rings (SSSR count). The van der Waals surface area contributed by atoms with Crippen molar-refractivity contribution in [1.82, 2.24) is 4.90 Å². The van der Waals surface area contributed by atoms with Gasteiger partial charge in [-0.2, -0.15) is 0 Å². The maximum Gasteiger partial charge on any atom is 0.327 e. The second kappa shape index (κ2) is 4.58. The largest absolute Gasteiger partial charge is 0.480 e. The van der Waals surface area contributed by atoms with Gasteiger partial charge in [0.2, 0.25) is 0 Å². The highest BCUT2D eigenvalue weighted by atomic mass is 16.4. The Morgan fingerprint density at radius 3 is 2.58 bits per heavy atom. The number of fused-ring (bicyclic) bond motifs is 1. The first-order chi connectivity index (χ1) is 8.97. The molecule has 1 aromatic carbocycles. The Morgan fingerprint density at radius 1 is 1.37 bits per heavy atom. The van der Waals surface area contributed by atoms with E-state index in [4.69, 9.17) is 11.5 Å². The molecule has 0 fully saturated rings. The van der Waals surface area contributed by atoms with Gasteiger partial charge in [0.05, 0.1) is 11.1 Å². The molecule has 1 aliphatic heterocycles. The number of aliphatic carboxylic acids is 1. The summed E-state index contributed by atoms with van der Waals surface area (Å²) < 4.78 is 0. The fourth-order valence-electron chi connectivity index (χ4n) is 2.06. The number of benzene rings is 1. The molecule has 96 valence electrons. The third kappa shape index (κ3) is 1.97. The first kappa shape index (κ1) is 12.8. The molecule has 5 heteroatoms. The molecule has 0 aliphatic carbocycles. The Hall–Kier alpha value is -2.61. The zero-order valence-electron chi connectivity index (χ0n) is 10.2. The minimum Gasteiger partial charge on any atom is -0.480 e. The van der Waals surface area contributed by atoms with Gasteiger partial charge in [-0.05, 0) is 19.1 Å². The first-order valence-electron chi connectivity index (χ1n) is 5.62. The van der Waals surface area contributed by atoms with Crippen LogP contribution in [-0.4, -0.2) is 33.8 Å². The summed E-state index contributed by atoms with van der Waals surface area (Å²) in [5, 5.41) is 9.09. The van der Waals surface area contributed by atoms with Crippen molar-refractivity contribution in [3.63, 3.8) is 0 Å². The van der Waals surface area contributed by atoms with Gasteiger partial charge in [-0.1, -0.05) is 11.6 Å². The third-order valence-corrected chi connectivity index (χ3v) is 2.98. The van der Waals surface area contributed by atoms with Crippen LogP contribution in [0.25, 0.3) is 0 Å². The molecule has 0 saturated heterocycles. The molecular weight excluding hydrogens is 246 g/mol. The standard InChI is InChI=1S/C14H11NO4/c1-3-4-11(14(18)19)15-12(16)9-6-5-8(2)7-10(9)13(15)17/h1,5-7,11H,4H2,2H3,(H,18,19). The van der Waals surface area contributed by atoms with E-state index >= 15 is 0 Å². The molecule has 1 unspecified atom stereocenters. The fourth-order valence-corrected chi connectivity index (χ4v) is 2.06. The number of carboxylic acid groups (broad SMARTS) is 1. The SMILES string of the molecule is C#CCC(C(=O)O)N1C(=O)c2ccc(C)cc2C1=O. The van der Waals surface area contributed by atoms with Crippen LogP contribution in [0.3, 0.4) is 0 Å². The molecule has 5 nitrogen and oxygen atoms in total. The van der Waals surface area contributed by atoms with Gasteiger partial charge in [-0.15, -0.1) is 12.3 Å². The Kier molecular flexibility index (Phi) is 3.09. The van der Waals surface area contributed by atoms with Crippen molar-refractivity contribution in [2.24, 2.45) is 0 Å². The molecule has 2 amide bonds. The average molecular weight is 257 g/mol. The zero-order chi connectivity index (χ0) is 14.2. The molecule has 1 aromatic rings. The van der Waals surface area contributed by atoms with Gasteiger partial charge in [-0.3, -0.25) is 14.5 Å². The lowest BCUT2D eigenvalue weighted by Gasteiger charge is -2.20. The number of aryl methyl sites for hydroxylation is 1. The van der Waals surface area contributed by atoms with E-state index in [1.165, 1.54) is 6.07 Å². The Morgan fingerprint density at radius 2 is 2.00 bits per heavy atom. The molecule has 1 aliphatic rings. The average Bonchev–Trinajstić information content (AvgIpc) is 2.59. The summed E-state index contributed by atoms with van der Waals surface area (Å²) in [5.74, 6) is -0.323. The van der Waals surface area contributed by atoms with E-state index in [0.29, 0.717) is 0 Å². The second-order valence-corrected chi connectivity index (χ2v) is 4.29. The molecular formula is C14H11NO4. The predicted molar refractivity (Wildman–Crippen MR) is 66.6 cm³/mol. The van der Waals surface area contributed by atoms with Gasteiger partial charge in [0.15, 0.2) is 0 Å². The van der Waals surface area contributed by atoms with E-state index in [1.54, 1.807) is 19.1 Å². The van der Waals surface area contributed by atoms with E-state index in [0.717, 1.165) is 10.5 Å². The number of carboxylic acids is 1. The second-order valence-electron chi connectivity index (χ2n) is 4.29. The van der Waals surface area contributed by atoms with Crippen molar-refractivity contribution in [2.45, 2.75) is 19.4 Å². The van der Waals surface area contributed by atoms with Crippen LogP contribution < -0.4 is 0 Å². The van der Waals surface area contributed by atoms with Gasteiger partial charge in [0.25, 0.3) is 11.8 Å². The maximum absolute atomic E-state index is 12.2. The van der Waals surface area contributed by atoms with E-state index < -0.39 is 23.8 Å². The minimum atomic E-state index is -1.32. The molecule has 0 saturated carbocycles. The topological polar surface area (TPSA) is 74.7 Å². The van der Waals surface area contributed by atoms with Crippen molar-refractivity contribution < 1.29 is 19.5 Å².